The van der Waals surface area contributed by atoms with Crippen LogP contribution in [0.25, 0.3) is 21.6 Å². The van der Waals surface area contributed by atoms with E-state index in [1.54, 1.807) is 11.3 Å². The molecule has 35 heavy (non-hydrogen) atoms. The summed E-state index contributed by atoms with van der Waals surface area (Å²) in [7, 11) is 2.18. The fourth-order valence-electron chi connectivity index (χ4n) is 4.69. The SMILES string of the molecule is CN1CCN(c2cccc(Nc3cc(-c4nc(N[C@@H]5CCNC5)c5sccc5n4)ccn3)c2)CC1. The van der Waals surface area contributed by atoms with Gasteiger partial charge in [0, 0.05) is 61.9 Å². The first kappa shape index (κ1) is 22.2. The van der Waals surface area contributed by atoms with E-state index in [1.165, 1.54) is 5.69 Å². The fourth-order valence-corrected chi connectivity index (χ4v) is 5.48. The third kappa shape index (κ3) is 4.93. The van der Waals surface area contributed by atoms with Crippen molar-refractivity contribution in [1.29, 1.82) is 0 Å². The molecule has 6 rings (SSSR count). The van der Waals surface area contributed by atoms with Crippen molar-refractivity contribution in [3.8, 4) is 11.4 Å². The number of thiophene rings is 1. The fraction of sp³-hybridized carbons (Fsp3) is 0.346. The molecule has 0 aliphatic carbocycles. The molecule has 0 unspecified atom stereocenters. The topological polar surface area (TPSA) is 81.2 Å². The third-order valence-corrected chi connectivity index (χ3v) is 7.62. The summed E-state index contributed by atoms with van der Waals surface area (Å²) in [6.45, 7) is 6.27. The van der Waals surface area contributed by atoms with Gasteiger partial charge in [-0.2, -0.15) is 0 Å². The lowest BCUT2D eigenvalue weighted by Gasteiger charge is -2.34. The quantitative estimate of drug-likeness (QED) is 0.377. The Morgan fingerprint density at radius 2 is 1.97 bits per heavy atom. The second-order valence-corrected chi connectivity index (χ2v) is 10.2. The van der Waals surface area contributed by atoms with Crippen LogP contribution < -0.4 is 20.9 Å². The van der Waals surface area contributed by atoms with E-state index in [0.29, 0.717) is 11.9 Å². The number of hydrogen-bond acceptors (Lipinski definition) is 9. The minimum atomic E-state index is 0.394. The van der Waals surface area contributed by atoms with E-state index in [4.69, 9.17) is 9.97 Å². The number of likely N-dealkylation sites (N-methyl/N-ethyl adjacent to an activating group) is 1. The van der Waals surface area contributed by atoms with E-state index >= 15 is 0 Å². The maximum atomic E-state index is 4.93. The van der Waals surface area contributed by atoms with Crippen molar-refractivity contribution in [3.63, 3.8) is 0 Å². The Bertz CT molecular complexity index is 1310. The van der Waals surface area contributed by atoms with Crippen LogP contribution in [0.2, 0.25) is 0 Å². The highest BCUT2D eigenvalue weighted by Crippen LogP contribution is 2.31. The molecular formula is C26H30N8S. The Kier molecular flexibility index (Phi) is 6.20. The van der Waals surface area contributed by atoms with Crippen molar-refractivity contribution in [3.05, 3.63) is 54.0 Å². The van der Waals surface area contributed by atoms with Gasteiger partial charge in [0.15, 0.2) is 5.82 Å². The number of rotatable bonds is 6. The highest BCUT2D eigenvalue weighted by molar-refractivity contribution is 7.17. The molecule has 3 N–H and O–H groups in total. The van der Waals surface area contributed by atoms with Crippen LogP contribution in [-0.4, -0.2) is 72.2 Å². The second-order valence-electron chi connectivity index (χ2n) is 9.26. The molecule has 2 aliphatic rings. The van der Waals surface area contributed by atoms with Gasteiger partial charge < -0.3 is 25.8 Å². The van der Waals surface area contributed by atoms with Gasteiger partial charge in [-0.1, -0.05) is 6.07 Å². The largest absolute Gasteiger partial charge is 0.369 e. The first-order valence-electron chi connectivity index (χ1n) is 12.2. The highest BCUT2D eigenvalue weighted by Gasteiger charge is 2.18. The summed E-state index contributed by atoms with van der Waals surface area (Å²) in [5.41, 5.74) is 4.18. The molecule has 1 aromatic carbocycles. The molecule has 0 saturated carbocycles. The lowest BCUT2D eigenvalue weighted by atomic mass is 10.2. The zero-order valence-electron chi connectivity index (χ0n) is 19.9. The molecule has 1 atom stereocenters. The van der Waals surface area contributed by atoms with Crippen LogP contribution in [0.15, 0.2) is 54.0 Å². The van der Waals surface area contributed by atoms with Crippen molar-refractivity contribution in [2.75, 3.05) is 61.8 Å². The van der Waals surface area contributed by atoms with Gasteiger partial charge in [-0.15, -0.1) is 11.3 Å². The van der Waals surface area contributed by atoms with Crippen LogP contribution in [0, 0.1) is 0 Å². The molecular weight excluding hydrogens is 456 g/mol. The molecule has 2 aliphatic heterocycles. The Balaban J connectivity index is 1.25. The van der Waals surface area contributed by atoms with Gasteiger partial charge in [-0.3, -0.25) is 0 Å². The molecule has 0 radical (unpaired) electrons. The monoisotopic (exact) mass is 486 g/mol. The summed E-state index contributed by atoms with van der Waals surface area (Å²) in [6, 6.07) is 15.0. The van der Waals surface area contributed by atoms with Crippen LogP contribution in [0.1, 0.15) is 6.42 Å². The van der Waals surface area contributed by atoms with Gasteiger partial charge in [0.25, 0.3) is 0 Å². The summed E-state index contributed by atoms with van der Waals surface area (Å²) in [5.74, 6) is 2.41. The number of anilines is 4. The smallest absolute Gasteiger partial charge is 0.162 e. The molecule has 3 aromatic heterocycles. The number of nitrogens with zero attached hydrogens (tertiary/aromatic N) is 5. The minimum Gasteiger partial charge on any atom is -0.369 e. The predicted molar refractivity (Wildman–Crippen MR) is 145 cm³/mol. The number of hydrogen-bond donors (Lipinski definition) is 3. The minimum absolute atomic E-state index is 0.394. The van der Waals surface area contributed by atoms with Crippen molar-refractivity contribution in [1.82, 2.24) is 25.2 Å². The summed E-state index contributed by atoms with van der Waals surface area (Å²) >= 11 is 1.68. The molecule has 180 valence electrons. The van der Waals surface area contributed by atoms with E-state index in [2.05, 4.69) is 73.5 Å². The van der Waals surface area contributed by atoms with Gasteiger partial charge in [0.05, 0.1) is 10.2 Å². The van der Waals surface area contributed by atoms with E-state index in [1.807, 2.05) is 18.3 Å². The average Bonchev–Trinajstić information content (AvgIpc) is 3.57. The molecule has 0 amide bonds. The number of benzene rings is 1. The van der Waals surface area contributed by atoms with Crippen LogP contribution >= 0.6 is 11.3 Å². The maximum Gasteiger partial charge on any atom is 0.162 e. The molecule has 2 saturated heterocycles. The molecule has 9 heteroatoms. The number of nitrogens with one attached hydrogen (secondary N) is 3. The van der Waals surface area contributed by atoms with Crippen LogP contribution in [-0.2, 0) is 0 Å². The predicted octanol–water partition coefficient (Wildman–Crippen LogP) is 4.02. The van der Waals surface area contributed by atoms with E-state index in [-0.39, 0.29) is 0 Å². The molecule has 0 spiro atoms. The number of aromatic nitrogens is 3. The Labute approximate surface area is 209 Å². The average molecular weight is 487 g/mol. The molecule has 0 bridgehead atoms. The first-order valence-corrected chi connectivity index (χ1v) is 13.1. The number of fused-ring (bicyclic) bond motifs is 1. The summed E-state index contributed by atoms with van der Waals surface area (Å²) in [5, 5.41) is 12.6. The zero-order valence-corrected chi connectivity index (χ0v) is 20.7. The van der Waals surface area contributed by atoms with Crippen molar-refractivity contribution in [2.24, 2.45) is 0 Å². The Morgan fingerprint density at radius 3 is 2.83 bits per heavy atom. The molecule has 8 nitrogen and oxygen atoms in total. The van der Waals surface area contributed by atoms with Gasteiger partial charge in [-0.25, -0.2) is 15.0 Å². The highest BCUT2D eigenvalue weighted by atomic mass is 32.1. The standard InChI is InChI=1S/C26H30N8S/c1-33-10-12-34(13-11-33)21-4-2-3-19(16-21)29-23-15-18(5-9-28-23)25-31-22-7-14-35-24(22)26(32-25)30-20-6-8-27-17-20/h2-5,7,9,14-16,20,27H,6,8,10-13,17H2,1H3,(H,28,29)(H,30,31,32)/t20-/m1/s1. The lowest BCUT2D eigenvalue weighted by Crippen LogP contribution is -2.44. The maximum absolute atomic E-state index is 4.93. The second kappa shape index (κ2) is 9.77. The van der Waals surface area contributed by atoms with Gasteiger partial charge in [0.1, 0.15) is 11.6 Å². The Morgan fingerprint density at radius 1 is 1.06 bits per heavy atom. The normalized spacial score (nSPS) is 18.8. The zero-order chi connectivity index (χ0) is 23.6. The van der Waals surface area contributed by atoms with Crippen molar-refractivity contribution in [2.45, 2.75) is 12.5 Å². The van der Waals surface area contributed by atoms with Gasteiger partial charge >= 0.3 is 0 Å². The van der Waals surface area contributed by atoms with Crippen LogP contribution in [0.3, 0.4) is 0 Å². The molecule has 2 fully saturated rings. The number of pyridine rings is 1. The Hall–Kier alpha value is -3.27. The number of piperazine rings is 1. The lowest BCUT2D eigenvalue weighted by molar-refractivity contribution is 0.313. The van der Waals surface area contributed by atoms with Crippen LogP contribution in [0.5, 0.6) is 0 Å². The summed E-state index contributed by atoms with van der Waals surface area (Å²) < 4.78 is 1.11. The van der Waals surface area contributed by atoms with Crippen LogP contribution in [0.4, 0.5) is 23.0 Å². The van der Waals surface area contributed by atoms with Crippen molar-refractivity contribution < 1.29 is 0 Å². The third-order valence-electron chi connectivity index (χ3n) is 6.71. The first-order chi connectivity index (χ1) is 17.2. The van der Waals surface area contributed by atoms with Gasteiger partial charge in [0.2, 0.25) is 0 Å². The van der Waals surface area contributed by atoms with E-state index in [0.717, 1.165) is 78.8 Å². The molecule has 4 aromatic rings. The van der Waals surface area contributed by atoms with E-state index < -0.39 is 0 Å². The van der Waals surface area contributed by atoms with Gasteiger partial charge in [-0.05, 0) is 61.8 Å². The van der Waals surface area contributed by atoms with E-state index in [9.17, 15) is 0 Å². The van der Waals surface area contributed by atoms with Crippen molar-refractivity contribution >= 4 is 44.6 Å². The molecule has 5 heterocycles. The summed E-state index contributed by atoms with van der Waals surface area (Å²) in [6.07, 6.45) is 2.92. The summed E-state index contributed by atoms with van der Waals surface area (Å²) in [4.78, 5) is 19.1.